The molecule has 1 aliphatic rings. The number of piperidine rings is 1. The molecule has 1 saturated heterocycles. The minimum absolute atomic E-state index is 0.428. The zero-order chi connectivity index (χ0) is 15.7. The summed E-state index contributed by atoms with van der Waals surface area (Å²) in [5, 5.41) is 7.73. The third kappa shape index (κ3) is 2.88. The molecular formula is C16H18F3N3. The summed E-state index contributed by atoms with van der Waals surface area (Å²) in [5.41, 5.74) is 2.18. The van der Waals surface area contributed by atoms with Crippen molar-refractivity contribution in [2.45, 2.75) is 31.9 Å². The smallest absolute Gasteiger partial charge is 0.316 e. The molecule has 1 N–H and O–H groups in total. The van der Waals surface area contributed by atoms with Crippen LogP contribution in [0.4, 0.5) is 13.2 Å². The minimum atomic E-state index is -4.31. The molecule has 2 heterocycles. The van der Waals surface area contributed by atoms with Crippen LogP contribution in [0.1, 0.15) is 35.6 Å². The second kappa shape index (κ2) is 5.76. The molecular weight excluding hydrogens is 291 g/mol. The monoisotopic (exact) mass is 309 g/mol. The Balaban J connectivity index is 1.87. The van der Waals surface area contributed by atoms with Gasteiger partial charge in [0.05, 0.1) is 17.4 Å². The van der Waals surface area contributed by atoms with E-state index in [9.17, 15) is 13.2 Å². The van der Waals surface area contributed by atoms with Gasteiger partial charge >= 0.3 is 6.18 Å². The fourth-order valence-corrected chi connectivity index (χ4v) is 2.99. The van der Waals surface area contributed by atoms with Gasteiger partial charge in [-0.15, -0.1) is 0 Å². The lowest BCUT2D eigenvalue weighted by atomic mass is 9.92. The summed E-state index contributed by atoms with van der Waals surface area (Å²) in [6.07, 6.45) is -0.219. The second-order valence-electron chi connectivity index (χ2n) is 5.69. The lowest BCUT2D eigenvalue weighted by molar-refractivity contribution is -0.137. The molecule has 1 unspecified atom stereocenters. The summed E-state index contributed by atoms with van der Waals surface area (Å²) in [7, 11) is 0. The molecule has 0 bridgehead atoms. The van der Waals surface area contributed by atoms with Crippen LogP contribution in [0.15, 0.2) is 30.5 Å². The first kappa shape index (κ1) is 15.1. The average Bonchev–Trinajstić information content (AvgIpc) is 2.89. The van der Waals surface area contributed by atoms with Crippen LogP contribution in [-0.2, 0) is 6.18 Å². The molecule has 118 valence electrons. The normalized spacial score (nSPS) is 19.4. The van der Waals surface area contributed by atoms with Crippen molar-refractivity contribution in [3.8, 4) is 5.69 Å². The molecule has 1 atom stereocenters. The molecule has 0 spiro atoms. The van der Waals surface area contributed by atoms with Gasteiger partial charge in [-0.1, -0.05) is 0 Å². The molecule has 22 heavy (non-hydrogen) atoms. The summed E-state index contributed by atoms with van der Waals surface area (Å²) >= 11 is 0. The maximum absolute atomic E-state index is 12.6. The van der Waals surface area contributed by atoms with Gasteiger partial charge in [-0.25, -0.2) is 4.68 Å². The highest BCUT2D eigenvalue weighted by Crippen LogP contribution is 2.31. The van der Waals surface area contributed by atoms with Gasteiger partial charge in [-0.3, -0.25) is 0 Å². The number of benzene rings is 1. The molecule has 0 saturated carbocycles. The van der Waals surface area contributed by atoms with E-state index in [-0.39, 0.29) is 0 Å². The predicted octanol–water partition coefficient (Wildman–Crippen LogP) is 3.67. The van der Waals surface area contributed by atoms with E-state index >= 15 is 0 Å². The lowest BCUT2D eigenvalue weighted by Crippen LogP contribution is -2.28. The van der Waals surface area contributed by atoms with Crippen LogP contribution in [0, 0.1) is 6.92 Å². The van der Waals surface area contributed by atoms with Crippen molar-refractivity contribution < 1.29 is 13.2 Å². The van der Waals surface area contributed by atoms with Crippen LogP contribution in [-0.4, -0.2) is 22.9 Å². The van der Waals surface area contributed by atoms with Gasteiger partial charge in [0.1, 0.15) is 0 Å². The van der Waals surface area contributed by atoms with Gasteiger partial charge in [0.15, 0.2) is 0 Å². The van der Waals surface area contributed by atoms with Crippen molar-refractivity contribution in [3.05, 3.63) is 47.3 Å². The van der Waals surface area contributed by atoms with Crippen molar-refractivity contribution in [1.29, 1.82) is 0 Å². The van der Waals surface area contributed by atoms with E-state index in [4.69, 9.17) is 0 Å². The third-order valence-corrected chi connectivity index (χ3v) is 4.22. The van der Waals surface area contributed by atoms with Crippen LogP contribution in [0.2, 0.25) is 0 Å². The number of halogens is 3. The van der Waals surface area contributed by atoms with Crippen molar-refractivity contribution in [1.82, 2.24) is 15.1 Å². The van der Waals surface area contributed by atoms with Crippen molar-refractivity contribution >= 4 is 0 Å². The highest BCUT2D eigenvalue weighted by atomic mass is 19.4. The summed E-state index contributed by atoms with van der Waals surface area (Å²) in [5.74, 6) is 0.428. The van der Waals surface area contributed by atoms with Gasteiger partial charge in [-0.2, -0.15) is 18.3 Å². The Kier molecular flexibility index (Phi) is 3.95. The van der Waals surface area contributed by atoms with Gasteiger partial charge in [0, 0.05) is 12.2 Å². The van der Waals surface area contributed by atoms with E-state index in [1.807, 2.05) is 13.1 Å². The summed E-state index contributed by atoms with van der Waals surface area (Å²) in [6.45, 7) is 3.94. The minimum Gasteiger partial charge on any atom is -0.316 e. The Labute approximate surface area is 127 Å². The fraction of sp³-hybridized carbons (Fsp3) is 0.438. The van der Waals surface area contributed by atoms with Gasteiger partial charge < -0.3 is 5.32 Å². The molecule has 0 aliphatic carbocycles. The topological polar surface area (TPSA) is 29.9 Å². The maximum Gasteiger partial charge on any atom is 0.416 e. The molecule has 1 aliphatic heterocycles. The summed E-state index contributed by atoms with van der Waals surface area (Å²) < 4.78 is 39.6. The van der Waals surface area contributed by atoms with E-state index in [0.717, 1.165) is 43.8 Å². The highest BCUT2D eigenvalue weighted by molar-refractivity contribution is 5.38. The maximum atomic E-state index is 12.6. The Morgan fingerprint density at radius 3 is 2.55 bits per heavy atom. The molecule has 0 amide bonds. The number of nitrogens with zero attached hydrogens (tertiary/aromatic N) is 2. The van der Waals surface area contributed by atoms with Crippen molar-refractivity contribution in [3.63, 3.8) is 0 Å². The Morgan fingerprint density at radius 1 is 1.23 bits per heavy atom. The zero-order valence-electron chi connectivity index (χ0n) is 12.3. The van der Waals surface area contributed by atoms with Gasteiger partial charge in [0.2, 0.25) is 0 Å². The highest BCUT2D eigenvalue weighted by Gasteiger charge is 2.30. The van der Waals surface area contributed by atoms with E-state index < -0.39 is 11.7 Å². The van der Waals surface area contributed by atoms with Crippen LogP contribution in [0.3, 0.4) is 0 Å². The lowest BCUT2D eigenvalue weighted by Gasteiger charge is -2.22. The van der Waals surface area contributed by atoms with Crippen molar-refractivity contribution in [2.24, 2.45) is 0 Å². The molecule has 1 fully saturated rings. The molecule has 1 aromatic carbocycles. The van der Waals surface area contributed by atoms with Crippen LogP contribution >= 0.6 is 0 Å². The van der Waals surface area contributed by atoms with Crippen molar-refractivity contribution in [2.75, 3.05) is 13.1 Å². The van der Waals surface area contributed by atoms with Crippen LogP contribution in [0.25, 0.3) is 5.69 Å². The number of nitrogens with one attached hydrogen (secondary N) is 1. The van der Waals surface area contributed by atoms with E-state index in [1.54, 1.807) is 4.68 Å². The summed E-state index contributed by atoms with van der Waals surface area (Å²) in [4.78, 5) is 0. The fourth-order valence-electron chi connectivity index (χ4n) is 2.99. The SMILES string of the molecule is Cc1c(C2CCCNC2)cnn1-c1ccc(C(F)(F)F)cc1. The predicted molar refractivity (Wildman–Crippen MR) is 78.1 cm³/mol. The number of rotatable bonds is 2. The molecule has 1 aromatic heterocycles. The number of hydrogen-bond acceptors (Lipinski definition) is 2. The number of alkyl halides is 3. The first-order valence-electron chi connectivity index (χ1n) is 7.39. The quantitative estimate of drug-likeness (QED) is 0.917. The standard InChI is InChI=1S/C16H18F3N3/c1-11-15(12-3-2-8-20-9-12)10-21-22(11)14-6-4-13(5-7-14)16(17,18)19/h4-7,10,12,20H,2-3,8-9H2,1H3. The molecule has 0 radical (unpaired) electrons. The number of aromatic nitrogens is 2. The van der Waals surface area contributed by atoms with Crippen LogP contribution in [0.5, 0.6) is 0 Å². The summed E-state index contributed by atoms with van der Waals surface area (Å²) in [6, 6.07) is 5.12. The molecule has 3 rings (SSSR count). The first-order valence-corrected chi connectivity index (χ1v) is 7.39. The number of hydrogen-bond donors (Lipinski definition) is 1. The van der Waals surface area contributed by atoms with Crippen LogP contribution < -0.4 is 5.32 Å². The molecule has 6 heteroatoms. The average molecular weight is 309 g/mol. The van der Waals surface area contributed by atoms with E-state index in [1.165, 1.54) is 17.7 Å². The Bertz CT molecular complexity index is 638. The molecule has 2 aromatic rings. The first-order chi connectivity index (χ1) is 10.5. The van der Waals surface area contributed by atoms with Gasteiger partial charge in [-0.05, 0) is 62.1 Å². The Morgan fingerprint density at radius 2 is 1.95 bits per heavy atom. The Hall–Kier alpha value is -1.82. The second-order valence-corrected chi connectivity index (χ2v) is 5.69. The van der Waals surface area contributed by atoms with Gasteiger partial charge in [0.25, 0.3) is 0 Å². The van der Waals surface area contributed by atoms with E-state index in [0.29, 0.717) is 11.6 Å². The third-order valence-electron chi connectivity index (χ3n) is 4.22. The zero-order valence-corrected chi connectivity index (χ0v) is 12.3. The molecule has 3 nitrogen and oxygen atoms in total. The van der Waals surface area contributed by atoms with E-state index in [2.05, 4.69) is 10.4 Å². The largest absolute Gasteiger partial charge is 0.416 e.